The minimum absolute atomic E-state index is 0.144. The highest BCUT2D eigenvalue weighted by Crippen LogP contribution is 2.38. The molecule has 1 aliphatic rings. The molecule has 0 saturated heterocycles. The molecule has 2 N–H and O–H groups in total. The molecule has 100 valence electrons. The van der Waals surface area contributed by atoms with Gasteiger partial charge in [0, 0.05) is 19.1 Å². The van der Waals surface area contributed by atoms with Crippen molar-refractivity contribution in [3.8, 4) is 0 Å². The monoisotopic (exact) mass is 246 g/mol. The van der Waals surface area contributed by atoms with Gasteiger partial charge in [0.25, 0.3) is 0 Å². The molecule has 2 nitrogen and oxygen atoms in total. The van der Waals surface area contributed by atoms with Gasteiger partial charge < -0.3 is 10.6 Å². The number of hydrogen-bond donors (Lipinski definition) is 1. The molecule has 1 aromatic carbocycles. The third kappa shape index (κ3) is 3.56. The van der Waals surface area contributed by atoms with E-state index < -0.39 is 0 Å². The normalized spacial score (nSPS) is 26.1. The van der Waals surface area contributed by atoms with E-state index in [1.54, 1.807) is 0 Å². The van der Waals surface area contributed by atoms with Gasteiger partial charge in [-0.25, -0.2) is 0 Å². The first-order valence-corrected chi connectivity index (χ1v) is 7.07. The van der Waals surface area contributed by atoms with Gasteiger partial charge in [-0.3, -0.25) is 0 Å². The summed E-state index contributed by atoms with van der Waals surface area (Å²) in [6.07, 6.45) is 1.41. The molecule has 0 aromatic heterocycles. The van der Waals surface area contributed by atoms with Crippen LogP contribution in [0.15, 0.2) is 30.3 Å². The Labute approximate surface area is 111 Å². The second-order valence-corrected chi connectivity index (χ2v) is 6.11. The van der Waals surface area contributed by atoms with Gasteiger partial charge in [0.1, 0.15) is 0 Å². The summed E-state index contributed by atoms with van der Waals surface area (Å²) in [5, 5.41) is 0. The number of hydrogen-bond acceptors (Lipinski definition) is 2. The Morgan fingerprint density at radius 3 is 2.50 bits per heavy atom. The van der Waals surface area contributed by atoms with Crippen molar-refractivity contribution in [1.29, 1.82) is 0 Å². The van der Waals surface area contributed by atoms with E-state index in [2.05, 4.69) is 50.1 Å². The Morgan fingerprint density at radius 1 is 1.33 bits per heavy atom. The minimum Gasteiger partial charge on any atom is -0.324 e. The van der Waals surface area contributed by atoms with Crippen LogP contribution in [-0.4, -0.2) is 25.0 Å². The van der Waals surface area contributed by atoms with Gasteiger partial charge in [0.2, 0.25) is 0 Å². The highest BCUT2D eigenvalue weighted by atomic mass is 15.1. The standard InChI is InChI=1S/C16H26N2/c1-12-9-15(12)11-18(3)10-13(2)16(17)14-7-5-4-6-8-14/h4-8,12-13,15-16H,9-11,17H2,1-3H3. The molecule has 0 heterocycles. The van der Waals surface area contributed by atoms with Crippen molar-refractivity contribution in [3.05, 3.63) is 35.9 Å². The van der Waals surface area contributed by atoms with E-state index in [9.17, 15) is 0 Å². The van der Waals surface area contributed by atoms with Crippen LogP contribution in [0, 0.1) is 17.8 Å². The molecule has 1 aromatic rings. The van der Waals surface area contributed by atoms with Crippen molar-refractivity contribution in [2.24, 2.45) is 23.5 Å². The number of nitrogens with zero attached hydrogens (tertiary/aromatic N) is 1. The van der Waals surface area contributed by atoms with Crippen molar-refractivity contribution in [2.45, 2.75) is 26.3 Å². The second-order valence-electron chi connectivity index (χ2n) is 6.11. The van der Waals surface area contributed by atoms with Crippen LogP contribution in [0.5, 0.6) is 0 Å². The maximum Gasteiger partial charge on any atom is 0.0333 e. The van der Waals surface area contributed by atoms with Crippen molar-refractivity contribution in [1.82, 2.24) is 4.90 Å². The van der Waals surface area contributed by atoms with Crippen LogP contribution in [0.2, 0.25) is 0 Å². The van der Waals surface area contributed by atoms with E-state index in [0.717, 1.165) is 18.4 Å². The number of benzene rings is 1. The average molecular weight is 246 g/mol. The van der Waals surface area contributed by atoms with Crippen LogP contribution in [0.25, 0.3) is 0 Å². The van der Waals surface area contributed by atoms with Crippen LogP contribution in [-0.2, 0) is 0 Å². The molecule has 1 fully saturated rings. The van der Waals surface area contributed by atoms with Crippen LogP contribution in [0.1, 0.15) is 31.9 Å². The highest BCUT2D eigenvalue weighted by molar-refractivity contribution is 5.19. The molecule has 0 bridgehead atoms. The third-order valence-electron chi connectivity index (χ3n) is 4.22. The van der Waals surface area contributed by atoms with E-state index >= 15 is 0 Å². The van der Waals surface area contributed by atoms with E-state index in [0.29, 0.717) is 5.92 Å². The molecule has 4 atom stereocenters. The first-order chi connectivity index (χ1) is 8.58. The van der Waals surface area contributed by atoms with E-state index in [1.165, 1.54) is 18.5 Å². The maximum absolute atomic E-state index is 6.33. The second kappa shape index (κ2) is 5.85. The molecule has 0 spiro atoms. The Hall–Kier alpha value is -0.860. The van der Waals surface area contributed by atoms with Gasteiger partial charge >= 0.3 is 0 Å². The molecule has 1 aliphatic carbocycles. The summed E-state index contributed by atoms with van der Waals surface area (Å²) >= 11 is 0. The molecule has 18 heavy (non-hydrogen) atoms. The lowest BCUT2D eigenvalue weighted by Gasteiger charge is -2.26. The van der Waals surface area contributed by atoms with Gasteiger partial charge in [0.15, 0.2) is 0 Å². The first kappa shape index (κ1) is 13.6. The zero-order chi connectivity index (χ0) is 13.1. The molecular weight excluding hydrogens is 220 g/mol. The van der Waals surface area contributed by atoms with Crippen molar-refractivity contribution < 1.29 is 0 Å². The van der Waals surface area contributed by atoms with E-state index in [-0.39, 0.29) is 6.04 Å². The molecule has 0 amide bonds. The summed E-state index contributed by atoms with van der Waals surface area (Å²) in [4.78, 5) is 2.45. The molecular formula is C16H26N2. The summed E-state index contributed by atoms with van der Waals surface area (Å²) in [5.74, 6) is 2.35. The number of nitrogens with two attached hydrogens (primary N) is 1. The summed E-state index contributed by atoms with van der Waals surface area (Å²) in [7, 11) is 2.22. The van der Waals surface area contributed by atoms with Crippen LogP contribution in [0.3, 0.4) is 0 Å². The highest BCUT2D eigenvalue weighted by Gasteiger charge is 2.33. The maximum atomic E-state index is 6.33. The van der Waals surface area contributed by atoms with Crippen molar-refractivity contribution >= 4 is 0 Å². The Kier molecular flexibility index (Phi) is 4.41. The van der Waals surface area contributed by atoms with Crippen LogP contribution >= 0.6 is 0 Å². The van der Waals surface area contributed by atoms with Gasteiger partial charge in [0.05, 0.1) is 0 Å². The van der Waals surface area contributed by atoms with E-state index in [1.807, 2.05) is 6.07 Å². The molecule has 2 heteroatoms. The summed E-state index contributed by atoms with van der Waals surface area (Å²) in [6, 6.07) is 10.6. The zero-order valence-electron chi connectivity index (χ0n) is 11.8. The van der Waals surface area contributed by atoms with Gasteiger partial charge in [-0.2, -0.15) is 0 Å². The van der Waals surface area contributed by atoms with Gasteiger partial charge in [-0.1, -0.05) is 44.2 Å². The smallest absolute Gasteiger partial charge is 0.0333 e. The Morgan fingerprint density at radius 2 is 1.94 bits per heavy atom. The van der Waals surface area contributed by atoms with Crippen molar-refractivity contribution in [2.75, 3.05) is 20.1 Å². The van der Waals surface area contributed by atoms with Gasteiger partial charge in [-0.15, -0.1) is 0 Å². The Balaban J connectivity index is 1.81. The predicted molar refractivity (Wildman–Crippen MR) is 77.3 cm³/mol. The summed E-state index contributed by atoms with van der Waals surface area (Å²) in [6.45, 7) is 6.91. The molecule has 0 aliphatic heterocycles. The Bertz CT molecular complexity index is 363. The van der Waals surface area contributed by atoms with Crippen LogP contribution in [0.4, 0.5) is 0 Å². The lowest BCUT2D eigenvalue weighted by Crippen LogP contribution is -2.32. The number of rotatable bonds is 6. The zero-order valence-corrected chi connectivity index (χ0v) is 11.8. The minimum atomic E-state index is 0.144. The SMILES string of the molecule is CC1CC1CN(C)CC(C)C(N)c1ccccc1. The predicted octanol–water partition coefficient (Wildman–Crippen LogP) is 2.91. The fourth-order valence-corrected chi connectivity index (χ4v) is 2.74. The molecule has 2 rings (SSSR count). The van der Waals surface area contributed by atoms with Crippen molar-refractivity contribution in [3.63, 3.8) is 0 Å². The largest absolute Gasteiger partial charge is 0.324 e. The molecule has 0 radical (unpaired) electrons. The molecule has 1 saturated carbocycles. The summed E-state index contributed by atoms with van der Waals surface area (Å²) in [5.41, 5.74) is 7.58. The lowest BCUT2D eigenvalue weighted by molar-refractivity contribution is 0.253. The quantitative estimate of drug-likeness (QED) is 0.836. The van der Waals surface area contributed by atoms with Crippen LogP contribution < -0.4 is 5.73 Å². The van der Waals surface area contributed by atoms with E-state index in [4.69, 9.17) is 5.73 Å². The fourth-order valence-electron chi connectivity index (χ4n) is 2.74. The topological polar surface area (TPSA) is 29.3 Å². The fraction of sp³-hybridized carbons (Fsp3) is 0.625. The molecule has 4 unspecified atom stereocenters. The summed E-state index contributed by atoms with van der Waals surface area (Å²) < 4.78 is 0. The average Bonchev–Trinajstić information content (AvgIpc) is 3.04. The lowest BCUT2D eigenvalue weighted by atomic mass is 9.95. The van der Waals surface area contributed by atoms with Gasteiger partial charge in [-0.05, 0) is 36.8 Å². The third-order valence-corrected chi connectivity index (χ3v) is 4.22. The first-order valence-electron chi connectivity index (χ1n) is 7.07.